The molecule has 0 aliphatic heterocycles. The number of rotatable bonds is 4. The molecular formula is C12H15BrN4O. The quantitative estimate of drug-likeness (QED) is 0.909. The van der Waals surface area contributed by atoms with Gasteiger partial charge in [-0.25, -0.2) is 0 Å². The lowest BCUT2D eigenvalue weighted by molar-refractivity contribution is 0.493. The summed E-state index contributed by atoms with van der Waals surface area (Å²) in [6.45, 7) is 4.65. The molecule has 6 heteroatoms. The lowest BCUT2D eigenvalue weighted by atomic mass is 10.1. The van der Waals surface area contributed by atoms with E-state index in [4.69, 9.17) is 4.42 Å². The van der Waals surface area contributed by atoms with Crippen LogP contribution in [-0.2, 0) is 6.54 Å². The number of benzene rings is 1. The Bertz CT molecular complexity index is 530. The molecule has 2 aromatic rings. The van der Waals surface area contributed by atoms with Gasteiger partial charge in [0.2, 0.25) is 5.89 Å². The number of aromatic nitrogens is 2. The number of nitrogens with zero attached hydrogens (tertiary/aromatic N) is 2. The molecule has 0 amide bonds. The Kier molecular flexibility index (Phi) is 3.98. The molecule has 0 saturated heterocycles. The molecule has 0 aliphatic rings. The molecule has 0 fully saturated rings. The Balaban J connectivity index is 2.17. The summed E-state index contributed by atoms with van der Waals surface area (Å²) in [4.78, 5) is 0. The molecule has 0 bridgehead atoms. The summed E-state index contributed by atoms with van der Waals surface area (Å²) < 4.78 is 6.55. The van der Waals surface area contributed by atoms with E-state index in [2.05, 4.69) is 36.8 Å². The van der Waals surface area contributed by atoms with Crippen LogP contribution in [0.5, 0.6) is 0 Å². The van der Waals surface area contributed by atoms with Gasteiger partial charge in [0.05, 0.1) is 6.54 Å². The first-order chi connectivity index (χ1) is 8.60. The highest BCUT2D eigenvalue weighted by Crippen LogP contribution is 2.26. The Morgan fingerprint density at radius 3 is 2.50 bits per heavy atom. The van der Waals surface area contributed by atoms with Crippen LogP contribution in [0.15, 0.2) is 21.0 Å². The summed E-state index contributed by atoms with van der Waals surface area (Å²) in [5.41, 5.74) is 3.26. The minimum atomic E-state index is 0.404. The fourth-order valence-electron chi connectivity index (χ4n) is 1.67. The van der Waals surface area contributed by atoms with Crippen molar-refractivity contribution in [1.82, 2.24) is 15.5 Å². The molecule has 18 heavy (non-hydrogen) atoms. The number of hydrogen-bond donors (Lipinski definition) is 2. The van der Waals surface area contributed by atoms with Crippen LogP contribution in [-0.4, -0.2) is 17.2 Å². The molecular weight excluding hydrogens is 296 g/mol. The van der Waals surface area contributed by atoms with E-state index < -0.39 is 0 Å². The van der Waals surface area contributed by atoms with Gasteiger partial charge >= 0.3 is 6.01 Å². The third-order valence-electron chi connectivity index (χ3n) is 2.48. The lowest BCUT2D eigenvalue weighted by Crippen LogP contribution is -2.04. The summed E-state index contributed by atoms with van der Waals surface area (Å²) in [5, 5.41) is 13.9. The van der Waals surface area contributed by atoms with Gasteiger partial charge in [-0.1, -0.05) is 21.0 Å². The summed E-state index contributed by atoms with van der Waals surface area (Å²) in [6.07, 6.45) is 0. The Morgan fingerprint density at radius 2 is 1.89 bits per heavy atom. The maximum absolute atomic E-state index is 5.43. The number of halogens is 1. The lowest BCUT2D eigenvalue weighted by Gasteiger charge is -2.07. The summed E-state index contributed by atoms with van der Waals surface area (Å²) in [7, 11) is 1.83. The molecule has 0 saturated carbocycles. The Morgan fingerprint density at radius 1 is 1.22 bits per heavy atom. The summed E-state index contributed by atoms with van der Waals surface area (Å²) in [6, 6.07) is 4.46. The predicted molar refractivity (Wildman–Crippen MR) is 74.0 cm³/mol. The van der Waals surface area contributed by atoms with Gasteiger partial charge in [0.1, 0.15) is 0 Å². The molecule has 1 aromatic heterocycles. The van der Waals surface area contributed by atoms with Gasteiger partial charge in [0, 0.05) is 10.2 Å². The van der Waals surface area contributed by atoms with Crippen LogP contribution in [0.2, 0.25) is 0 Å². The highest BCUT2D eigenvalue weighted by molar-refractivity contribution is 9.10. The molecule has 96 valence electrons. The van der Waals surface area contributed by atoms with Crippen LogP contribution in [0, 0.1) is 13.8 Å². The zero-order valence-corrected chi connectivity index (χ0v) is 12.1. The Labute approximate surface area is 114 Å². The minimum absolute atomic E-state index is 0.404. The van der Waals surface area contributed by atoms with Crippen LogP contribution >= 0.6 is 15.9 Å². The van der Waals surface area contributed by atoms with Crippen molar-refractivity contribution in [2.24, 2.45) is 0 Å². The van der Waals surface area contributed by atoms with E-state index in [1.807, 2.05) is 33.0 Å². The maximum atomic E-state index is 5.43. The van der Waals surface area contributed by atoms with Gasteiger partial charge in [-0.05, 0) is 44.2 Å². The highest BCUT2D eigenvalue weighted by atomic mass is 79.9. The first-order valence-corrected chi connectivity index (χ1v) is 6.40. The van der Waals surface area contributed by atoms with Crippen LogP contribution in [0.3, 0.4) is 0 Å². The normalized spacial score (nSPS) is 10.7. The SMILES string of the molecule is CNCc1nnc(Nc2cc(C)c(Br)c(C)c2)o1. The van der Waals surface area contributed by atoms with E-state index in [0.717, 1.165) is 21.3 Å². The minimum Gasteiger partial charge on any atom is -0.406 e. The van der Waals surface area contributed by atoms with E-state index in [-0.39, 0.29) is 0 Å². The van der Waals surface area contributed by atoms with E-state index in [9.17, 15) is 0 Å². The van der Waals surface area contributed by atoms with Gasteiger partial charge in [-0.2, -0.15) is 0 Å². The zero-order chi connectivity index (χ0) is 13.1. The zero-order valence-electron chi connectivity index (χ0n) is 10.5. The van der Waals surface area contributed by atoms with Gasteiger partial charge in [0.15, 0.2) is 0 Å². The van der Waals surface area contributed by atoms with Crippen molar-refractivity contribution in [3.8, 4) is 0 Å². The van der Waals surface area contributed by atoms with Crippen molar-refractivity contribution in [1.29, 1.82) is 0 Å². The second-order valence-corrected chi connectivity index (χ2v) is 4.87. The topological polar surface area (TPSA) is 63.0 Å². The number of anilines is 2. The molecule has 0 aliphatic carbocycles. The molecule has 1 aromatic carbocycles. The second kappa shape index (κ2) is 5.49. The van der Waals surface area contributed by atoms with Crippen molar-refractivity contribution in [3.05, 3.63) is 33.6 Å². The van der Waals surface area contributed by atoms with Crippen molar-refractivity contribution in [2.45, 2.75) is 20.4 Å². The van der Waals surface area contributed by atoms with E-state index >= 15 is 0 Å². The first-order valence-electron chi connectivity index (χ1n) is 5.61. The van der Waals surface area contributed by atoms with Crippen LogP contribution in [0.1, 0.15) is 17.0 Å². The Hall–Kier alpha value is -1.40. The largest absolute Gasteiger partial charge is 0.406 e. The molecule has 1 heterocycles. The third-order valence-corrected chi connectivity index (χ3v) is 3.73. The van der Waals surface area contributed by atoms with E-state index in [0.29, 0.717) is 18.5 Å². The molecule has 2 N–H and O–H groups in total. The van der Waals surface area contributed by atoms with Crippen molar-refractivity contribution >= 4 is 27.6 Å². The van der Waals surface area contributed by atoms with Crippen molar-refractivity contribution < 1.29 is 4.42 Å². The molecule has 0 atom stereocenters. The van der Waals surface area contributed by atoms with Crippen molar-refractivity contribution in [2.75, 3.05) is 12.4 Å². The second-order valence-electron chi connectivity index (χ2n) is 4.08. The molecule has 0 spiro atoms. The number of aryl methyl sites for hydroxylation is 2. The standard InChI is InChI=1S/C12H15BrN4O/c1-7-4-9(5-8(2)11(7)13)15-12-17-16-10(18-12)6-14-3/h4-5,14H,6H2,1-3H3,(H,15,17). The fraction of sp³-hybridized carbons (Fsp3) is 0.333. The average Bonchev–Trinajstić information content (AvgIpc) is 2.74. The van der Waals surface area contributed by atoms with Gasteiger partial charge < -0.3 is 15.1 Å². The summed E-state index contributed by atoms with van der Waals surface area (Å²) in [5.74, 6) is 0.561. The molecule has 0 radical (unpaired) electrons. The predicted octanol–water partition coefficient (Wildman–Crippen LogP) is 2.91. The van der Waals surface area contributed by atoms with Crippen LogP contribution in [0.4, 0.5) is 11.7 Å². The average molecular weight is 311 g/mol. The molecule has 0 unspecified atom stereocenters. The van der Waals surface area contributed by atoms with Crippen molar-refractivity contribution in [3.63, 3.8) is 0 Å². The number of hydrogen-bond acceptors (Lipinski definition) is 5. The van der Waals surface area contributed by atoms with E-state index in [1.165, 1.54) is 0 Å². The molecule has 5 nitrogen and oxygen atoms in total. The van der Waals surface area contributed by atoms with Crippen LogP contribution in [0.25, 0.3) is 0 Å². The number of nitrogens with one attached hydrogen (secondary N) is 2. The smallest absolute Gasteiger partial charge is 0.320 e. The van der Waals surface area contributed by atoms with Crippen LogP contribution < -0.4 is 10.6 Å². The van der Waals surface area contributed by atoms with E-state index in [1.54, 1.807) is 0 Å². The molecule has 2 rings (SSSR count). The third kappa shape index (κ3) is 2.88. The highest BCUT2D eigenvalue weighted by Gasteiger charge is 2.07. The van der Waals surface area contributed by atoms with Gasteiger partial charge in [0.25, 0.3) is 0 Å². The monoisotopic (exact) mass is 310 g/mol. The fourth-order valence-corrected chi connectivity index (χ4v) is 1.90. The summed E-state index contributed by atoms with van der Waals surface area (Å²) >= 11 is 3.54. The van der Waals surface area contributed by atoms with Gasteiger partial charge in [-0.3, -0.25) is 0 Å². The maximum Gasteiger partial charge on any atom is 0.320 e. The first kappa shape index (κ1) is 13.0. The van der Waals surface area contributed by atoms with Gasteiger partial charge in [-0.15, -0.1) is 5.10 Å².